The molecule has 6 nitrogen and oxygen atoms in total. The molecule has 130 valence electrons. The van der Waals surface area contributed by atoms with Gasteiger partial charge in [-0.15, -0.1) is 0 Å². The predicted octanol–water partition coefficient (Wildman–Crippen LogP) is 1.58. The Bertz CT molecular complexity index is 726. The molecule has 0 saturated carbocycles. The van der Waals surface area contributed by atoms with Crippen LogP contribution in [0.2, 0.25) is 0 Å². The Labute approximate surface area is 136 Å². The van der Waals surface area contributed by atoms with Crippen molar-refractivity contribution in [1.29, 1.82) is 0 Å². The number of halogens is 3. The molecule has 24 heavy (non-hydrogen) atoms. The van der Waals surface area contributed by atoms with Crippen molar-refractivity contribution in [1.82, 2.24) is 20.6 Å². The number of aliphatic hydroxyl groups is 1. The summed E-state index contributed by atoms with van der Waals surface area (Å²) in [5, 5.41) is 14.2. The van der Waals surface area contributed by atoms with Crippen LogP contribution in [0.25, 0.3) is 0 Å². The Morgan fingerprint density at radius 3 is 2.58 bits per heavy atom. The summed E-state index contributed by atoms with van der Waals surface area (Å²) in [5.74, 6) is -0.469. The van der Waals surface area contributed by atoms with Gasteiger partial charge in [0.1, 0.15) is 5.60 Å². The van der Waals surface area contributed by atoms with Crippen LogP contribution in [0.3, 0.4) is 0 Å². The van der Waals surface area contributed by atoms with Crippen LogP contribution in [0.4, 0.5) is 13.2 Å². The molecular weight excluding hydrogens is 325 g/mol. The number of hydrazine groups is 1. The highest BCUT2D eigenvalue weighted by Crippen LogP contribution is 2.31. The lowest BCUT2D eigenvalue weighted by molar-refractivity contribution is -0.137. The molecule has 0 aliphatic rings. The van der Waals surface area contributed by atoms with E-state index in [1.807, 2.05) is 0 Å². The molecule has 1 aromatic heterocycles. The summed E-state index contributed by atoms with van der Waals surface area (Å²) in [4.78, 5) is 11.8. The third-order valence-corrected chi connectivity index (χ3v) is 3.41. The molecule has 0 fully saturated rings. The second-order valence-corrected chi connectivity index (χ2v) is 5.56. The van der Waals surface area contributed by atoms with Gasteiger partial charge >= 0.3 is 6.18 Å². The van der Waals surface area contributed by atoms with Gasteiger partial charge in [0.25, 0.3) is 5.91 Å². The van der Waals surface area contributed by atoms with E-state index >= 15 is 0 Å². The zero-order valence-electron chi connectivity index (χ0n) is 13.1. The summed E-state index contributed by atoms with van der Waals surface area (Å²) in [6.45, 7) is 1.17. The Morgan fingerprint density at radius 2 is 2.00 bits per heavy atom. The van der Waals surface area contributed by atoms with E-state index in [-0.39, 0.29) is 12.1 Å². The van der Waals surface area contributed by atoms with Crippen LogP contribution in [0.5, 0.6) is 0 Å². The molecular formula is C15H17F3N4O2. The fourth-order valence-electron chi connectivity index (χ4n) is 2.04. The minimum atomic E-state index is -4.49. The van der Waals surface area contributed by atoms with E-state index in [2.05, 4.69) is 16.0 Å². The van der Waals surface area contributed by atoms with Crippen molar-refractivity contribution in [3.8, 4) is 0 Å². The lowest BCUT2D eigenvalue weighted by atomic mass is 9.94. The maximum Gasteiger partial charge on any atom is 0.416 e. The zero-order chi connectivity index (χ0) is 18.0. The third kappa shape index (κ3) is 4.33. The van der Waals surface area contributed by atoms with Gasteiger partial charge < -0.3 is 5.11 Å². The van der Waals surface area contributed by atoms with Crippen LogP contribution in [0.15, 0.2) is 36.7 Å². The van der Waals surface area contributed by atoms with Gasteiger partial charge in [-0.05, 0) is 24.6 Å². The second-order valence-electron chi connectivity index (χ2n) is 5.56. The molecule has 0 spiro atoms. The fraction of sp³-hybridized carbons (Fsp3) is 0.333. The molecule has 1 aromatic carbocycles. The zero-order valence-corrected chi connectivity index (χ0v) is 13.1. The van der Waals surface area contributed by atoms with Crippen molar-refractivity contribution in [2.45, 2.75) is 18.7 Å². The predicted molar refractivity (Wildman–Crippen MR) is 79.7 cm³/mol. The minimum Gasteiger partial charge on any atom is -0.384 e. The number of rotatable bonds is 5. The van der Waals surface area contributed by atoms with Crippen molar-refractivity contribution in [2.75, 3.05) is 6.54 Å². The average molecular weight is 342 g/mol. The van der Waals surface area contributed by atoms with Gasteiger partial charge in [0, 0.05) is 19.8 Å². The number of aromatic nitrogens is 2. The molecule has 0 radical (unpaired) electrons. The minimum absolute atomic E-state index is 0.0838. The topological polar surface area (TPSA) is 79.2 Å². The number of hydrogen-bond acceptors (Lipinski definition) is 4. The van der Waals surface area contributed by atoms with Crippen LogP contribution in [-0.2, 0) is 18.8 Å². The normalized spacial score (nSPS) is 14.2. The van der Waals surface area contributed by atoms with E-state index in [1.54, 1.807) is 7.05 Å². The van der Waals surface area contributed by atoms with Crippen LogP contribution < -0.4 is 10.9 Å². The van der Waals surface area contributed by atoms with E-state index in [4.69, 9.17) is 0 Å². The SMILES string of the molecule is Cn1cc(C(=O)NNCC(C)(O)c2cccc(C(F)(F)F)c2)cn1. The van der Waals surface area contributed by atoms with E-state index < -0.39 is 23.2 Å². The molecule has 2 rings (SSSR count). The molecule has 2 aromatic rings. The average Bonchev–Trinajstić information content (AvgIpc) is 2.93. The van der Waals surface area contributed by atoms with Gasteiger partial charge in [-0.25, -0.2) is 5.43 Å². The van der Waals surface area contributed by atoms with Crippen LogP contribution in [0, 0.1) is 0 Å². The highest BCUT2D eigenvalue weighted by Gasteiger charge is 2.32. The smallest absolute Gasteiger partial charge is 0.384 e. The van der Waals surface area contributed by atoms with E-state index in [0.717, 1.165) is 12.1 Å². The molecule has 1 heterocycles. The first-order chi connectivity index (χ1) is 11.1. The number of aryl methyl sites for hydroxylation is 1. The van der Waals surface area contributed by atoms with Gasteiger partial charge in [0.15, 0.2) is 0 Å². The second kappa shape index (κ2) is 6.62. The Kier molecular flexibility index (Phi) is 4.95. The van der Waals surface area contributed by atoms with Crippen molar-refractivity contribution in [3.63, 3.8) is 0 Å². The van der Waals surface area contributed by atoms with Crippen molar-refractivity contribution in [2.24, 2.45) is 7.05 Å². The summed E-state index contributed by atoms with van der Waals surface area (Å²) in [6.07, 6.45) is -1.63. The summed E-state index contributed by atoms with van der Waals surface area (Å²) in [6, 6.07) is 4.42. The van der Waals surface area contributed by atoms with Crippen LogP contribution in [0.1, 0.15) is 28.4 Å². The molecule has 1 atom stereocenters. The number of nitrogens with one attached hydrogen (secondary N) is 2. The van der Waals surface area contributed by atoms with Crippen molar-refractivity contribution < 1.29 is 23.1 Å². The largest absolute Gasteiger partial charge is 0.416 e. The lowest BCUT2D eigenvalue weighted by Gasteiger charge is -2.25. The summed E-state index contributed by atoms with van der Waals surface area (Å²) < 4.78 is 39.7. The Balaban J connectivity index is 1.99. The lowest BCUT2D eigenvalue weighted by Crippen LogP contribution is -2.45. The first kappa shape index (κ1) is 18.0. The monoisotopic (exact) mass is 342 g/mol. The maximum absolute atomic E-state index is 12.7. The molecule has 0 aliphatic carbocycles. The number of alkyl halides is 3. The van der Waals surface area contributed by atoms with Gasteiger partial charge in [0.05, 0.1) is 17.3 Å². The number of benzene rings is 1. The standard InChI is InChI=1S/C15H17F3N4O2/c1-14(24,11-4-3-5-12(6-11)15(16,17)18)9-19-21-13(23)10-7-20-22(2)8-10/h3-8,19,24H,9H2,1-2H3,(H,21,23). The number of amides is 1. The number of nitrogens with zero attached hydrogens (tertiary/aromatic N) is 2. The molecule has 0 aliphatic heterocycles. The molecule has 1 amide bonds. The number of carbonyl (C=O) groups is 1. The quantitative estimate of drug-likeness (QED) is 0.721. The molecule has 0 saturated heterocycles. The molecule has 1 unspecified atom stereocenters. The van der Waals surface area contributed by atoms with Crippen LogP contribution in [-0.4, -0.2) is 27.3 Å². The first-order valence-corrected chi connectivity index (χ1v) is 7.01. The molecule has 9 heteroatoms. The molecule has 0 bridgehead atoms. The summed E-state index contributed by atoms with van der Waals surface area (Å²) in [5.41, 5.74) is 2.82. The highest BCUT2D eigenvalue weighted by molar-refractivity contribution is 5.93. The third-order valence-electron chi connectivity index (χ3n) is 3.41. The van der Waals surface area contributed by atoms with E-state index in [1.165, 1.54) is 36.1 Å². The highest BCUT2D eigenvalue weighted by atomic mass is 19.4. The van der Waals surface area contributed by atoms with Gasteiger partial charge in [-0.3, -0.25) is 14.9 Å². The maximum atomic E-state index is 12.7. The van der Waals surface area contributed by atoms with Crippen molar-refractivity contribution in [3.05, 3.63) is 53.3 Å². The Hall–Kier alpha value is -2.39. The van der Waals surface area contributed by atoms with Gasteiger partial charge in [-0.1, -0.05) is 12.1 Å². The van der Waals surface area contributed by atoms with E-state index in [9.17, 15) is 23.1 Å². The van der Waals surface area contributed by atoms with Crippen molar-refractivity contribution >= 4 is 5.91 Å². The first-order valence-electron chi connectivity index (χ1n) is 7.01. The molecule has 3 N–H and O–H groups in total. The summed E-state index contributed by atoms with van der Waals surface area (Å²) in [7, 11) is 1.66. The Morgan fingerprint density at radius 1 is 1.33 bits per heavy atom. The fourth-order valence-corrected chi connectivity index (χ4v) is 2.04. The number of carbonyl (C=O) groups excluding carboxylic acids is 1. The summed E-state index contributed by atoms with van der Waals surface area (Å²) >= 11 is 0. The van der Waals surface area contributed by atoms with Gasteiger partial charge in [-0.2, -0.15) is 18.3 Å². The van der Waals surface area contributed by atoms with E-state index in [0.29, 0.717) is 5.56 Å². The van der Waals surface area contributed by atoms with Gasteiger partial charge in [0.2, 0.25) is 0 Å². The van der Waals surface area contributed by atoms with Crippen LogP contribution >= 0.6 is 0 Å². The number of hydrogen-bond donors (Lipinski definition) is 3.